The second-order valence-electron chi connectivity index (χ2n) is 10.5. The number of hydrogen-bond acceptors (Lipinski definition) is 5. The van der Waals surface area contributed by atoms with E-state index in [1.807, 2.05) is 0 Å². The zero-order valence-corrected chi connectivity index (χ0v) is 19.3. The molecule has 0 aromatic heterocycles. The molecule has 0 bridgehead atoms. The van der Waals surface area contributed by atoms with E-state index in [0.717, 1.165) is 43.3 Å². The van der Waals surface area contributed by atoms with Crippen LogP contribution in [0.4, 0.5) is 8.78 Å². The van der Waals surface area contributed by atoms with Gasteiger partial charge in [0.15, 0.2) is 5.79 Å². The molecule has 1 spiro atoms. The summed E-state index contributed by atoms with van der Waals surface area (Å²) in [5.41, 5.74) is 0.560. The minimum Gasteiger partial charge on any atom is -0.490 e. The second-order valence-corrected chi connectivity index (χ2v) is 10.5. The van der Waals surface area contributed by atoms with Gasteiger partial charge < -0.3 is 18.9 Å². The van der Waals surface area contributed by atoms with Crippen molar-refractivity contribution in [2.24, 2.45) is 28.6 Å². The van der Waals surface area contributed by atoms with Crippen LogP contribution >= 0.6 is 0 Å². The normalized spacial score (nSPS) is 41.6. The zero-order valence-electron chi connectivity index (χ0n) is 19.3. The van der Waals surface area contributed by atoms with Gasteiger partial charge in [-0.3, -0.25) is 0 Å². The molecule has 0 aromatic carbocycles. The number of halogens is 2. The van der Waals surface area contributed by atoms with E-state index in [2.05, 4.69) is 13.0 Å². The van der Waals surface area contributed by atoms with E-state index in [9.17, 15) is 13.6 Å². The summed E-state index contributed by atoms with van der Waals surface area (Å²) in [5, 5.41) is 0. The lowest BCUT2D eigenvalue weighted by Crippen LogP contribution is -2.55. The fourth-order valence-corrected chi connectivity index (χ4v) is 8.08. The van der Waals surface area contributed by atoms with Gasteiger partial charge in [-0.1, -0.05) is 18.6 Å². The van der Waals surface area contributed by atoms with Crippen LogP contribution in [0.1, 0.15) is 58.3 Å². The van der Waals surface area contributed by atoms with E-state index in [-0.39, 0.29) is 23.2 Å². The first kappa shape index (κ1) is 22.3. The van der Waals surface area contributed by atoms with Crippen molar-refractivity contribution in [3.8, 4) is 0 Å². The maximum atomic E-state index is 14.9. The number of fused-ring (bicyclic) bond motifs is 5. The van der Waals surface area contributed by atoms with Crippen molar-refractivity contribution in [2.75, 3.05) is 27.4 Å². The van der Waals surface area contributed by atoms with Crippen LogP contribution in [0.5, 0.6) is 0 Å². The van der Waals surface area contributed by atoms with E-state index in [1.165, 1.54) is 14.2 Å². The second kappa shape index (κ2) is 7.79. The SMILES string of the molecule is COC(=O)/C(OC)=C1\CC[C@H]2[C@@H]3CC=C4CC5(CC[C@]4(C(F)F)[C@H]3CC[C@]12C)OCCO5. The minimum atomic E-state index is -2.40. The minimum absolute atomic E-state index is 0.0530. The molecule has 7 heteroatoms. The predicted molar refractivity (Wildman–Crippen MR) is 113 cm³/mol. The highest BCUT2D eigenvalue weighted by Crippen LogP contribution is 2.68. The van der Waals surface area contributed by atoms with Gasteiger partial charge in [-0.05, 0) is 67.3 Å². The number of ether oxygens (including phenoxy) is 4. The topological polar surface area (TPSA) is 54.0 Å². The van der Waals surface area contributed by atoms with Crippen LogP contribution in [-0.2, 0) is 23.7 Å². The zero-order chi connectivity index (χ0) is 22.7. The van der Waals surface area contributed by atoms with Crippen LogP contribution < -0.4 is 0 Å². The van der Waals surface area contributed by atoms with Gasteiger partial charge in [-0.15, -0.1) is 0 Å². The molecule has 3 saturated carbocycles. The summed E-state index contributed by atoms with van der Waals surface area (Å²) in [6, 6.07) is 0. The lowest BCUT2D eigenvalue weighted by atomic mass is 9.47. The summed E-state index contributed by atoms with van der Waals surface area (Å²) in [4.78, 5) is 12.3. The highest BCUT2D eigenvalue weighted by atomic mass is 19.3. The van der Waals surface area contributed by atoms with Crippen molar-refractivity contribution in [1.82, 2.24) is 0 Å². The Morgan fingerprint density at radius 2 is 1.84 bits per heavy atom. The van der Waals surface area contributed by atoms with Crippen LogP contribution in [0.15, 0.2) is 23.0 Å². The molecule has 5 aliphatic rings. The van der Waals surface area contributed by atoms with Crippen molar-refractivity contribution >= 4 is 5.97 Å². The molecule has 0 unspecified atom stereocenters. The summed E-state index contributed by atoms with van der Waals surface area (Å²) < 4.78 is 52.1. The first-order valence-electron chi connectivity index (χ1n) is 11.9. The van der Waals surface area contributed by atoms with Gasteiger partial charge in [0.05, 0.1) is 32.8 Å². The number of carbonyl (C=O) groups excluding carboxylic acids is 1. The third-order valence-corrected chi connectivity index (χ3v) is 9.55. The Morgan fingerprint density at radius 1 is 1.09 bits per heavy atom. The van der Waals surface area contributed by atoms with Crippen molar-refractivity contribution in [2.45, 2.75) is 70.5 Å². The van der Waals surface area contributed by atoms with Gasteiger partial charge in [0.2, 0.25) is 12.2 Å². The van der Waals surface area contributed by atoms with Gasteiger partial charge in [0, 0.05) is 12.8 Å². The van der Waals surface area contributed by atoms with Crippen LogP contribution in [-0.4, -0.2) is 45.6 Å². The fraction of sp³-hybridized carbons (Fsp3) is 0.800. The number of rotatable bonds is 3. The standard InChI is InChI=1S/C25H34F2O5/c1-23-9-8-18-16(17(23)6-7-19(23)20(29-2)21(28)30-3)5-4-15-14-24(31-12-13-32-24)10-11-25(15,18)22(26)27/h4,16-18,22H,5-14H2,1-3H3/b20-19-/t16-,17-,18-,23-,25+/m0/s1. The number of hydrogen-bond donors (Lipinski definition) is 0. The van der Waals surface area contributed by atoms with Crippen molar-refractivity contribution < 1.29 is 32.5 Å². The number of carbonyl (C=O) groups is 1. The molecule has 1 saturated heterocycles. The molecular weight excluding hydrogens is 418 g/mol. The van der Waals surface area contributed by atoms with Gasteiger partial charge in [-0.25, -0.2) is 13.6 Å². The third-order valence-electron chi connectivity index (χ3n) is 9.55. The number of methoxy groups -OCH3 is 2. The molecule has 4 fully saturated rings. The number of esters is 1. The van der Waals surface area contributed by atoms with Crippen LogP contribution in [0.2, 0.25) is 0 Å². The predicted octanol–water partition coefficient (Wildman–Crippen LogP) is 5.01. The summed E-state index contributed by atoms with van der Waals surface area (Å²) in [6.45, 7) is 3.28. The Balaban J connectivity index is 1.50. The molecule has 4 aliphatic carbocycles. The average molecular weight is 453 g/mol. The summed E-state index contributed by atoms with van der Waals surface area (Å²) in [5.74, 6) is -0.453. The Bertz CT molecular complexity index is 845. The Hall–Kier alpha value is -1.47. The van der Waals surface area contributed by atoms with Gasteiger partial charge >= 0.3 is 5.97 Å². The molecule has 5 rings (SSSR count). The molecule has 0 amide bonds. The largest absolute Gasteiger partial charge is 0.490 e. The number of alkyl halides is 2. The Labute approximate surface area is 188 Å². The number of allylic oxidation sites excluding steroid dienone is 2. The maximum absolute atomic E-state index is 14.9. The van der Waals surface area contributed by atoms with Gasteiger partial charge in [-0.2, -0.15) is 0 Å². The van der Waals surface area contributed by atoms with Crippen LogP contribution in [0.3, 0.4) is 0 Å². The van der Waals surface area contributed by atoms with Crippen LogP contribution in [0, 0.1) is 28.6 Å². The Kier molecular flexibility index (Phi) is 5.44. The summed E-state index contributed by atoms with van der Waals surface area (Å²) >= 11 is 0. The highest BCUT2D eigenvalue weighted by molar-refractivity contribution is 5.87. The average Bonchev–Trinajstić information content (AvgIpc) is 3.38. The quantitative estimate of drug-likeness (QED) is 0.261. The molecule has 5 atom stereocenters. The molecule has 32 heavy (non-hydrogen) atoms. The molecule has 1 aliphatic heterocycles. The fourth-order valence-electron chi connectivity index (χ4n) is 8.08. The monoisotopic (exact) mass is 452 g/mol. The van der Waals surface area contributed by atoms with E-state index in [1.54, 1.807) is 0 Å². The smallest absolute Gasteiger partial charge is 0.373 e. The highest BCUT2D eigenvalue weighted by Gasteiger charge is 2.64. The molecule has 178 valence electrons. The molecule has 0 radical (unpaired) electrons. The van der Waals surface area contributed by atoms with Gasteiger partial charge in [0.1, 0.15) is 0 Å². The lowest BCUT2D eigenvalue weighted by Gasteiger charge is -2.58. The van der Waals surface area contributed by atoms with Crippen molar-refractivity contribution in [3.05, 3.63) is 23.0 Å². The first-order chi connectivity index (χ1) is 15.3. The molecule has 1 heterocycles. The van der Waals surface area contributed by atoms with Crippen LogP contribution in [0.25, 0.3) is 0 Å². The molecule has 5 nitrogen and oxygen atoms in total. The van der Waals surface area contributed by atoms with E-state index in [4.69, 9.17) is 18.9 Å². The summed E-state index contributed by atoms with van der Waals surface area (Å²) in [6.07, 6.45) is 5.07. The molecule has 0 aromatic rings. The van der Waals surface area contributed by atoms with Crippen molar-refractivity contribution in [3.63, 3.8) is 0 Å². The van der Waals surface area contributed by atoms with E-state index < -0.39 is 23.6 Å². The summed E-state index contributed by atoms with van der Waals surface area (Å²) in [7, 11) is 2.87. The van der Waals surface area contributed by atoms with Gasteiger partial charge in [0.25, 0.3) is 0 Å². The van der Waals surface area contributed by atoms with E-state index >= 15 is 0 Å². The van der Waals surface area contributed by atoms with Crippen molar-refractivity contribution in [1.29, 1.82) is 0 Å². The molecule has 0 N–H and O–H groups in total. The maximum Gasteiger partial charge on any atom is 0.373 e. The van der Waals surface area contributed by atoms with E-state index in [0.29, 0.717) is 38.2 Å². The lowest BCUT2D eigenvalue weighted by molar-refractivity contribution is -0.201. The molecular formula is C25H34F2O5. The Morgan fingerprint density at radius 3 is 2.50 bits per heavy atom. The third kappa shape index (κ3) is 2.96. The first-order valence-corrected chi connectivity index (χ1v) is 11.9.